The lowest BCUT2D eigenvalue weighted by Gasteiger charge is -2.16. The van der Waals surface area contributed by atoms with Crippen LogP contribution in [0, 0.1) is 0 Å². The molecular formula is C10H21O5P. The van der Waals surface area contributed by atoms with Crippen molar-refractivity contribution in [2.24, 2.45) is 0 Å². The fourth-order valence-electron chi connectivity index (χ4n) is 1.18. The molecule has 0 aliphatic heterocycles. The summed E-state index contributed by atoms with van der Waals surface area (Å²) < 4.78 is 27.0. The molecule has 0 aromatic rings. The maximum absolute atomic E-state index is 12.0. The molecule has 0 amide bonds. The van der Waals surface area contributed by atoms with E-state index in [1.54, 1.807) is 13.8 Å². The highest BCUT2D eigenvalue weighted by Gasteiger charge is 2.22. The maximum atomic E-state index is 12.0. The van der Waals surface area contributed by atoms with E-state index in [0.717, 1.165) is 0 Å². The van der Waals surface area contributed by atoms with E-state index in [4.69, 9.17) is 13.8 Å². The highest BCUT2D eigenvalue weighted by molar-refractivity contribution is 7.53. The molecule has 0 spiro atoms. The SMILES string of the molecule is CCOP(=O)(CCCCOC(C)=O)OCC. The predicted octanol–water partition coefficient (Wildman–Crippen LogP) is 2.60. The van der Waals surface area contributed by atoms with Gasteiger partial charge in [0.2, 0.25) is 0 Å². The summed E-state index contributed by atoms with van der Waals surface area (Å²) >= 11 is 0. The maximum Gasteiger partial charge on any atom is 0.330 e. The predicted molar refractivity (Wildman–Crippen MR) is 61.6 cm³/mol. The summed E-state index contributed by atoms with van der Waals surface area (Å²) in [6, 6.07) is 0. The number of rotatable bonds is 9. The topological polar surface area (TPSA) is 61.8 Å². The Morgan fingerprint density at radius 3 is 2.12 bits per heavy atom. The standard InChI is InChI=1S/C10H21O5P/c1-4-14-16(12,15-5-2)9-7-6-8-13-10(3)11/h4-9H2,1-3H3. The van der Waals surface area contributed by atoms with Crippen LogP contribution in [0.15, 0.2) is 0 Å². The van der Waals surface area contributed by atoms with Crippen LogP contribution in [0.5, 0.6) is 0 Å². The first-order chi connectivity index (χ1) is 7.54. The zero-order valence-corrected chi connectivity index (χ0v) is 11.1. The zero-order valence-electron chi connectivity index (χ0n) is 10.2. The largest absolute Gasteiger partial charge is 0.466 e. The van der Waals surface area contributed by atoms with E-state index in [1.807, 2.05) is 0 Å². The minimum atomic E-state index is -2.92. The average molecular weight is 252 g/mol. The second-order valence-electron chi connectivity index (χ2n) is 3.22. The van der Waals surface area contributed by atoms with Gasteiger partial charge in [0.1, 0.15) is 0 Å². The average Bonchev–Trinajstić information content (AvgIpc) is 2.17. The Bertz CT molecular complexity index is 231. The number of carbonyl (C=O) groups excluding carboxylic acids is 1. The number of esters is 1. The van der Waals surface area contributed by atoms with Crippen molar-refractivity contribution in [2.75, 3.05) is 26.0 Å². The molecule has 0 saturated carbocycles. The van der Waals surface area contributed by atoms with Gasteiger partial charge in [0, 0.05) is 6.92 Å². The Morgan fingerprint density at radius 1 is 1.12 bits per heavy atom. The van der Waals surface area contributed by atoms with Gasteiger partial charge in [-0.25, -0.2) is 0 Å². The Balaban J connectivity index is 3.76. The third-order valence-corrected chi connectivity index (χ3v) is 3.95. The molecule has 0 aliphatic rings. The smallest absolute Gasteiger partial charge is 0.330 e. The second-order valence-corrected chi connectivity index (χ2v) is 5.40. The van der Waals surface area contributed by atoms with Gasteiger partial charge in [-0.1, -0.05) is 0 Å². The summed E-state index contributed by atoms with van der Waals surface area (Å²) in [5, 5.41) is 0. The van der Waals surface area contributed by atoms with Crippen LogP contribution in [0.4, 0.5) is 0 Å². The quantitative estimate of drug-likeness (QED) is 0.358. The third-order valence-electron chi connectivity index (χ3n) is 1.78. The van der Waals surface area contributed by atoms with E-state index in [-0.39, 0.29) is 5.97 Å². The fraction of sp³-hybridized carbons (Fsp3) is 0.900. The highest BCUT2D eigenvalue weighted by atomic mass is 31.2. The Labute approximate surface area is 97.0 Å². The van der Waals surface area contributed by atoms with Crippen LogP contribution in [-0.2, 0) is 23.1 Å². The number of hydrogen-bond acceptors (Lipinski definition) is 5. The van der Waals surface area contributed by atoms with Crippen LogP contribution in [0.1, 0.15) is 33.6 Å². The Kier molecular flexibility index (Phi) is 8.53. The minimum absolute atomic E-state index is 0.294. The van der Waals surface area contributed by atoms with Crippen molar-refractivity contribution in [1.29, 1.82) is 0 Å². The molecule has 0 heterocycles. The van der Waals surface area contributed by atoms with Gasteiger partial charge in [0.15, 0.2) is 0 Å². The molecule has 0 fully saturated rings. The zero-order chi connectivity index (χ0) is 12.4. The molecule has 0 radical (unpaired) electrons. The molecule has 0 aliphatic carbocycles. The number of hydrogen-bond donors (Lipinski definition) is 0. The number of carbonyl (C=O) groups is 1. The molecule has 0 unspecified atom stereocenters. The summed E-state index contributed by atoms with van der Waals surface area (Å²) in [5.74, 6) is -0.294. The van der Waals surface area contributed by atoms with Gasteiger partial charge in [-0.15, -0.1) is 0 Å². The van der Waals surface area contributed by atoms with Crippen LogP contribution in [0.25, 0.3) is 0 Å². The van der Waals surface area contributed by atoms with Crippen LogP contribution in [0.2, 0.25) is 0 Å². The molecule has 0 aromatic heterocycles. The molecule has 5 nitrogen and oxygen atoms in total. The summed E-state index contributed by atoms with van der Waals surface area (Å²) in [5.41, 5.74) is 0. The van der Waals surface area contributed by atoms with Crippen molar-refractivity contribution >= 4 is 13.6 Å². The van der Waals surface area contributed by atoms with Gasteiger partial charge in [0.05, 0.1) is 26.0 Å². The summed E-state index contributed by atoms with van der Waals surface area (Å²) in [7, 11) is -2.92. The molecule has 0 atom stereocenters. The van der Waals surface area contributed by atoms with E-state index < -0.39 is 7.60 Å². The van der Waals surface area contributed by atoms with E-state index in [9.17, 15) is 9.36 Å². The normalized spacial score (nSPS) is 11.4. The monoisotopic (exact) mass is 252 g/mol. The van der Waals surface area contributed by atoms with Gasteiger partial charge >= 0.3 is 13.6 Å². The van der Waals surface area contributed by atoms with Gasteiger partial charge in [-0.05, 0) is 26.7 Å². The van der Waals surface area contributed by atoms with Gasteiger partial charge in [-0.2, -0.15) is 0 Å². The Morgan fingerprint density at radius 2 is 1.69 bits per heavy atom. The summed E-state index contributed by atoms with van der Waals surface area (Å²) in [6.07, 6.45) is 1.70. The number of unbranched alkanes of at least 4 members (excludes halogenated alkanes) is 1. The Hall–Kier alpha value is -0.380. The van der Waals surface area contributed by atoms with Crippen LogP contribution in [0.3, 0.4) is 0 Å². The fourth-order valence-corrected chi connectivity index (χ4v) is 2.91. The minimum Gasteiger partial charge on any atom is -0.466 e. The highest BCUT2D eigenvalue weighted by Crippen LogP contribution is 2.48. The molecule has 16 heavy (non-hydrogen) atoms. The van der Waals surface area contributed by atoms with Gasteiger partial charge < -0.3 is 13.8 Å². The second kappa shape index (κ2) is 8.74. The van der Waals surface area contributed by atoms with E-state index in [2.05, 4.69) is 0 Å². The molecule has 0 aromatic carbocycles. The summed E-state index contributed by atoms with van der Waals surface area (Å²) in [6.45, 7) is 6.04. The number of ether oxygens (including phenoxy) is 1. The van der Waals surface area contributed by atoms with Gasteiger partial charge in [-0.3, -0.25) is 9.36 Å². The van der Waals surface area contributed by atoms with Crippen molar-refractivity contribution in [2.45, 2.75) is 33.6 Å². The molecular weight excluding hydrogens is 231 g/mol. The molecule has 0 N–H and O–H groups in total. The van der Waals surface area contributed by atoms with Crippen LogP contribution < -0.4 is 0 Å². The lowest BCUT2D eigenvalue weighted by atomic mass is 10.4. The van der Waals surface area contributed by atoms with Crippen molar-refractivity contribution in [1.82, 2.24) is 0 Å². The van der Waals surface area contributed by atoms with Crippen molar-refractivity contribution in [3.05, 3.63) is 0 Å². The third kappa shape index (κ3) is 7.85. The lowest BCUT2D eigenvalue weighted by Crippen LogP contribution is -2.04. The van der Waals surface area contributed by atoms with Crippen molar-refractivity contribution < 1.29 is 23.1 Å². The first-order valence-corrected chi connectivity index (χ1v) is 7.28. The van der Waals surface area contributed by atoms with E-state index in [1.165, 1.54) is 6.92 Å². The van der Waals surface area contributed by atoms with Gasteiger partial charge in [0.25, 0.3) is 0 Å². The van der Waals surface area contributed by atoms with Crippen LogP contribution in [-0.4, -0.2) is 32.0 Å². The molecule has 0 rings (SSSR count). The van der Waals surface area contributed by atoms with Crippen molar-refractivity contribution in [3.63, 3.8) is 0 Å². The van der Waals surface area contributed by atoms with Crippen LogP contribution >= 0.6 is 7.60 Å². The summed E-state index contributed by atoms with van der Waals surface area (Å²) in [4.78, 5) is 10.5. The van der Waals surface area contributed by atoms with E-state index in [0.29, 0.717) is 38.8 Å². The molecule has 0 bridgehead atoms. The molecule has 6 heteroatoms. The molecule has 0 saturated heterocycles. The van der Waals surface area contributed by atoms with E-state index >= 15 is 0 Å². The molecule has 96 valence electrons. The van der Waals surface area contributed by atoms with Crippen molar-refractivity contribution in [3.8, 4) is 0 Å². The lowest BCUT2D eigenvalue weighted by molar-refractivity contribution is -0.141. The first kappa shape index (κ1) is 15.6. The first-order valence-electron chi connectivity index (χ1n) is 5.55.